The smallest absolute Gasteiger partial charge is 0.252 e. The summed E-state index contributed by atoms with van der Waals surface area (Å²) in [7, 11) is 0. The average molecular weight is 458 g/mol. The van der Waals surface area contributed by atoms with E-state index in [-0.39, 0.29) is 5.91 Å². The van der Waals surface area contributed by atoms with Crippen molar-refractivity contribution in [2.24, 2.45) is 0 Å². The van der Waals surface area contributed by atoms with Gasteiger partial charge < -0.3 is 5.32 Å². The molecule has 1 amide bonds. The molecule has 0 saturated carbocycles. The summed E-state index contributed by atoms with van der Waals surface area (Å²) in [4.78, 5) is 17.5. The maximum Gasteiger partial charge on any atom is 0.252 e. The van der Waals surface area contributed by atoms with E-state index in [9.17, 15) is 4.79 Å². The number of carbonyl (C=O) groups excluding carboxylic acids is 1. The van der Waals surface area contributed by atoms with Crippen LogP contribution in [0.4, 0.5) is 0 Å². The number of hydrogen-bond donors (Lipinski definition) is 2. The van der Waals surface area contributed by atoms with Gasteiger partial charge in [0, 0.05) is 26.2 Å². The van der Waals surface area contributed by atoms with Gasteiger partial charge in [-0.05, 0) is 35.9 Å². The summed E-state index contributed by atoms with van der Waals surface area (Å²) in [5.41, 5.74) is 1.99. The zero-order valence-corrected chi connectivity index (χ0v) is 17.7. The third-order valence-electron chi connectivity index (χ3n) is 4.41. The van der Waals surface area contributed by atoms with Gasteiger partial charge in [-0.1, -0.05) is 77.3 Å². The molecule has 0 fully saturated rings. The summed E-state index contributed by atoms with van der Waals surface area (Å²) >= 11 is 18.1. The van der Waals surface area contributed by atoms with Gasteiger partial charge in [0.2, 0.25) is 0 Å². The Morgan fingerprint density at radius 3 is 2.20 bits per heavy atom. The van der Waals surface area contributed by atoms with Crippen LogP contribution >= 0.6 is 34.8 Å². The Labute approximate surface area is 188 Å². The molecule has 30 heavy (non-hydrogen) atoms. The first kappa shape index (κ1) is 20.4. The zero-order valence-electron chi connectivity index (χ0n) is 15.4. The van der Waals surface area contributed by atoms with E-state index < -0.39 is 6.04 Å². The summed E-state index contributed by atoms with van der Waals surface area (Å²) in [6, 6.07) is 20.8. The summed E-state index contributed by atoms with van der Waals surface area (Å²) < 4.78 is 0. The lowest BCUT2D eigenvalue weighted by atomic mass is 10.1. The van der Waals surface area contributed by atoms with Crippen molar-refractivity contribution in [2.45, 2.75) is 6.04 Å². The molecular weight excluding hydrogens is 443 g/mol. The van der Waals surface area contributed by atoms with Crippen LogP contribution in [-0.2, 0) is 0 Å². The van der Waals surface area contributed by atoms with E-state index in [2.05, 4.69) is 20.5 Å². The van der Waals surface area contributed by atoms with Gasteiger partial charge in [-0.15, -0.1) is 0 Å². The zero-order chi connectivity index (χ0) is 21.1. The highest BCUT2D eigenvalue weighted by Gasteiger charge is 2.22. The molecule has 0 radical (unpaired) electrons. The van der Waals surface area contributed by atoms with E-state index in [1.54, 1.807) is 30.3 Å². The Morgan fingerprint density at radius 2 is 1.53 bits per heavy atom. The van der Waals surface area contributed by atoms with Crippen LogP contribution < -0.4 is 5.32 Å². The van der Waals surface area contributed by atoms with Gasteiger partial charge in [0.25, 0.3) is 5.91 Å². The minimum Gasteiger partial charge on any atom is -0.338 e. The minimum atomic E-state index is -0.586. The molecule has 0 aliphatic carbocycles. The number of nitrogens with one attached hydrogen (secondary N) is 2. The van der Waals surface area contributed by atoms with Crippen molar-refractivity contribution in [1.29, 1.82) is 0 Å². The van der Waals surface area contributed by atoms with Crippen LogP contribution in [0.15, 0.2) is 72.8 Å². The normalized spacial score (nSPS) is 11.8. The van der Waals surface area contributed by atoms with E-state index in [0.29, 0.717) is 32.3 Å². The molecule has 1 heterocycles. The molecule has 4 rings (SSSR count). The lowest BCUT2D eigenvalue weighted by Gasteiger charge is -2.17. The number of benzene rings is 3. The summed E-state index contributed by atoms with van der Waals surface area (Å²) in [5.74, 6) is 0.666. The largest absolute Gasteiger partial charge is 0.338 e. The molecule has 0 spiro atoms. The van der Waals surface area contributed by atoms with E-state index in [0.717, 1.165) is 11.1 Å². The SMILES string of the molecule is O=C(NC(c1ccc(Cl)cc1)c1nc(-c2ccccc2)n[nH]1)c1cc(Cl)cc(Cl)c1. The molecule has 8 heteroatoms. The molecule has 2 N–H and O–H groups in total. The summed E-state index contributed by atoms with van der Waals surface area (Å²) in [6.07, 6.45) is 0. The van der Waals surface area contributed by atoms with Crippen molar-refractivity contribution in [3.63, 3.8) is 0 Å². The fourth-order valence-electron chi connectivity index (χ4n) is 2.98. The number of halogens is 3. The van der Waals surface area contributed by atoms with Gasteiger partial charge >= 0.3 is 0 Å². The first-order valence-corrected chi connectivity index (χ1v) is 10.1. The third-order valence-corrected chi connectivity index (χ3v) is 5.10. The van der Waals surface area contributed by atoms with Gasteiger partial charge in [-0.25, -0.2) is 4.98 Å². The maximum absolute atomic E-state index is 12.9. The number of H-pyrrole nitrogens is 1. The van der Waals surface area contributed by atoms with Crippen LogP contribution in [0, 0.1) is 0 Å². The predicted molar refractivity (Wildman–Crippen MR) is 119 cm³/mol. The number of aromatic amines is 1. The predicted octanol–water partition coefficient (Wildman–Crippen LogP) is 5.95. The number of carbonyl (C=O) groups is 1. The van der Waals surface area contributed by atoms with Crippen LogP contribution in [0.5, 0.6) is 0 Å². The van der Waals surface area contributed by atoms with Crippen molar-refractivity contribution in [1.82, 2.24) is 20.5 Å². The van der Waals surface area contributed by atoms with Gasteiger partial charge in [0.05, 0.1) is 0 Å². The fraction of sp³-hybridized carbons (Fsp3) is 0.0455. The van der Waals surface area contributed by atoms with Crippen LogP contribution in [0.3, 0.4) is 0 Å². The monoisotopic (exact) mass is 456 g/mol. The first-order chi connectivity index (χ1) is 14.5. The van der Waals surface area contributed by atoms with Gasteiger partial charge in [-0.2, -0.15) is 5.10 Å². The van der Waals surface area contributed by atoms with Crippen molar-refractivity contribution < 1.29 is 4.79 Å². The number of aromatic nitrogens is 3. The molecule has 3 aromatic carbocycles. The van der Waals surface area contributed by atoms with Crippen LogP contribution in [0.25, 0.3) is 11.4 Å². The third kappa shape index (κ3) is 4.65. The lowest BCUT2D eigenvalue weighted by Crippen LogP contribution is -2.30. The second-order valence-corrected chi connectivity index (χ2v) is 7.84. The average Bonchev–Trinajstić information content (AvgIpc) is 3.22. The molecule has 5 nitrogen and oxygen atoms in total. The Hall–Kier alpha value is -2.86. The van der Waals surface area contributed by atoms with Crippen LogP contribution in [-0.4, -0.2) is 21.1 Å². The molecule has 0 saturated heterocycles. The fourth-order valence-corrected chi connectivity index (χ4v) is 3.64. The standard InChI is InChI=1S/C22H15Cl3N4O/c23-16-8-6-13(7-9-16)19(26-22(30)15-10-17(24)12-18(25)11-15)21-27-20(28-29-21)14-4-2-1-3-5-14/h1-12,19H,(H,26,30)(H,27,28,29). The lowest BCUT2D eigenvalue weighted by molar-refractivity contribution is 0.0941. The van der Waals surface area contributed by atoms with Gasteiger partial charge in [0.1, 0.15) is 6.04 Å². The summed E-state index contributed by atoms with van der Waals surface area (Å²) in [6.45, 7) is 0. The highest BCUT2D eigenvalue weighted by Crippen LogP contribution is 2.25. The van der Waals surface area contributed by atoms with Gasteiger partial charge in [0.15, 0.2) is 11.6 Å². The Morgan fingerprint density at radius 1 is 0.867 bits per heavy atom. The topological polar surface area (TPSA) is 70.7 Å². The van der Waals surface area contributed by atoms with E-state index >= 15 is 0 Å². The molecule has 4 aromatic rings. The van der Waals surface area contributed by atoms with Crippen LogP contribution in [0.1, 0.15) is 27.8 Å². The van der Waals surface area contributed by atoms with Crippen molar-refractivity contribution in [3.8, 4) is 11.4 Å². The molecule has 150 valence electrons. The van der Waals surface area contributed by atoms with Crippen molar-refractivity contribution in [2.75, 3.05) is 0 Å². The Balaban J connectivity index is 1.69. The molecule has 0 aliphatic heterocycles. The quantitative estimate of drug-likeness (QED) is 0.389. The van der Waals surface area contributed by atoms with E-state index in [4.69, 9.17) is 34.8 Å². The number of rotatable bonds is 5. The highest BCUT2D eigenvalue weighted by atomic mass is 35.5. The van der Waals surface area contributed by atoms with E-state index in [1.807, 2.05) is 42.5 Å². The number of hydrogen-bond acceptors (Lipinski definition) is 3. The molecule has 0 aliphatic rings. The second-order valence-electron chi connectivity index (χ2n) is 6.53. The molecule has 1 atom stereocenters. The number of amides is 1. The number of nitrogens with zero attached hydrogens (tertiary/aromatic N) is 2. The van der Waals surface area contributed by atoms with Gasteiger partial charge in [-0.3, -0.25) is 9.89 Å². The molecule has 1 unspecified atom stereocenters. The van der Waals surface area contributed by atoms with Crippen molar-refractivity contribution in [3.05, 3.63) is 105 Å². The first-order valence-electron chi connectivity index (χ1n) is 9.00. The Bertz CT molecular complexity index is 1160. The molecular formula is C22H15Cl3N4O. The molecule has 1 aromatic heterocycles. The minimum absolute atomic E-state index is 0.342. The van der Waals surface area contributed by atoms with E-state index in [1.165, 1.54) is 0 Å². The highest BCUT2D eigenvalue weighted by molar-refractivity contribution is 6.35. The maximum atomic E-state index is 12.9. The molecule has 0 bridgehead atoms. The second kappa shape index (κ2) is 8.88. The Kier molecular flexibility index (Phi) is 6.04. The van der Waals surface area contributed by atoms with Crippen LogP contribution in [0.2, 0.25) is 15.1 Å². The summed E-state index contributed by atoms with van der Waals surface area (Å²) in [5, 5.41) is 11.6. The van der Waals surface area contributed by atoms with Crippen molar-refractivity contribution >= 4 is 40.7 Å².